The fourth-order valence-electron chi connectivity index (χ4n) is 5.72. The first-order valence-electron chi connectivity index (χ1n) is 14.3. The van der Waals surface area contributed by atoms with Gasteiger partial charge in [0.25, 0.3) is 5.91 Å². The Labute approximate surface area is 253 Å². The van der Waals surface area contributed by atoms with Gasteiger partial charge in [0.2, 0.25) is 0 Å². The Hall–Kier alpha value is -5.49. The average molecular weight is 589 g/mol. The number of hydrogen-bond acceptors (Lipinski definition) is 9. The summed E-state index contributed by atoms with van der Waals surface area (Å²) in [5.74, 6) is 1.48. The Morgan fingerprint density at radius 1 is 0.955 bits per heavy atom. The fourth-order valence-corrected chi connectivity index (χ4v) is 5.72. The lowest BCUT2D eigenvalue weighted by molar-refractivity contribution is 0.101. The molecule has 1 amide bonds. The predicted molar refractivity (Wildman–Crippen MR) is 171 cm³/mol. The number of nitrogens with one attached hydrogen (secondary N) is 1. The smallest absolute Gasteiger partial charge is 0.272 e. The second kappa shape index (κ2) is 11.0. The van der Waals surface area contributed by atoms with E-state index in [4.69, 9.17) is 20.6 Å². The molecule has 0 atom stereocenters. The number of carbonyl (C=O) groups excluding carboxylic acids is 1. The highest BCUT2D eigenvalue weighted by atomic mass is 16.5. The van der Waals surface area contributed by atoms with Gasteiger partial charge >= 0.3 is 0 Å². The van der Waals surface area contributed by atoms with Gasteiger partial charge in [-0.2, -0.15) is 5.10 Å². The molecule has 1 saturated heterocycles. The zero-order valence-corrected chi connectivity index (χ0v) is 24.7. The molecule has 4 aromatic heterocycles. The lowest BCUT2D eigenvalue weighted by Crippen LogP contribution is -2.44. The highest BCUT2D eigenvalue weighted by Gasteiger charge is 2.22. The van der Waals surface area contributed by atoms with Crippen LogP contribution in [0.1, 0.15) is 10.5 Å². The highest BCUT2D eigenvalue weighted by Crippen LogP contribution is 2.36. The van der Waals surface area contributed by atoms with Crippen LogP contribution in [0.2, 0.25) is 0 Å². The van der Waals surface area contributed by atoms with Gasteiger partial charge in [0, 0.05) is 49.7 Å². The number of aryl methyl sites for hydroxylation is 1. The van der Waals surface area contributed by atoms with Gasteiger partial charge in [-0.05, 0) is 43.4 Å². The second-order valence-electron chi connectivity index (χ2n) is 10.9. The van der Waals surface area contributed by atoms with Crippen molar-refractivity contribution in [3.63, 3.8) is 0 Å². The molecule has 222 valence electrons. The molecular weight excluding hydrogens is 556 g/mol. The Balaban J connectivity index is 1.22. The van der Waals surface area contributed by atoms with E-state index >= 15 is 0 Å². The van der Waals surface area contributed by atoms with Gasteiger partial charge in [-0.25, -0.2) is 19.6 Å². The molecule has 7 rings (SSSR count). The number of amides is 1. The molecule has 0 radical (unpaired) electrons. The van der Waals surface area contributed by atoms with Gasteiger partial charge in [0.15, 0.2) is 5.65 Å². The first kappa shape index (κ1) is 27.3. The SMILES string of the molecule is COc1cc(-c2nn(-c3ccc(N4CCN(C)CC4)nc3)c3ncnc(N)c23)ccc1NC(=O)c1cc2ccccc2n1C. The van der Waals surface area contributed by atoms with E-state index in [1.165, 1.54) is 6.33 Å². The van der Waals surface area contributed by atoms with Crippen molar-refractivity contribution in [2.24, 2.45) is 7.05 Å². The van der Waals surface area contributed by atoms with Crippen molar-refractivity contribution in [1.29, 1.82) is 0 Å². The van der Waals surface area contributed by atoms with Gasteiger partial charge in [-0.3, -0.25) is 4.79 Å². The average Bonchev–Trinajstić information content (AvgIpc) is 3.61. The van der Waals surface area contributed by atoms with Gasteiger partial charge in [0.1, 0.15) is 35.1 Å². The zero-order chi connectivity index (χ0) is 30.4. The molecule has 44 heavy (non-hydrogen) atoms. The second-order valence-corrected chi connectivity index (χ2v) is 10.9. The van der Waals surface area contributed by atoms with Crippen LogP contribution >= 0.6 is 0 Å². The van der Waals surface area contributed by atoms with E-state index in [1.807, 2.05) is 66.2 Å². The number of anilines is 3. The minimum atomic E-state index is -0.241. The number of ether oxygens (including phenoxy) is 1. The quantitative estimate of drug-likeness (QED) is 0.297. The number of nitrogen functional groups attached to an aromatic ring is 1. The van der Waals surface area contributed by atoms with E-state index in [0.717, 1.165) is 54.2 Å². The van der Waals surface area contributed by atoms with Gasteiger partial charge in [-0.15, -0.1) is 0 Å². The third-order valence-corrected chi connectivity index (χ3v) is 8.21. The van der Waals surface area contributed by atoms with Crippen molar-refractivity contribution < 1.29 is 9.53 Å². The van der Waals surface area contributed by atoms with Crippen LogP contribution in [-0.4, -0.2) is 80.4 Å². The van der Waals surface area contributed by atoms with Crippen LogP contribution in [0.15, 0.2) is 73.2 Å². The van der Waals surface area contributed by atoms with Gasteiger partial charge in [0.05, 0.1) is 30.1 Å². The summed E-state index contributed by atoms with van der Waals surface area (Å²) in [6.07, 6.45) is 3.23. The van der Waals surface area contributed by atoms with Crippen molar-refractivity contribution in [1.82, 2.24) is 34.2 Å². The number of likely N-dealkylation sites (N-methyl/N-ethyl adjacent to an activating group) is 1. The van der Waals surface area contributed by atoms with Crippen molar-refractivity contribution in [3.05, 3.63) is 78.9 Å². The Morgan fingerprint density at radius 3 is 2.52 bits per heavy atom. The molecule has 6 aromatic rings. The molecule has 2 aromatic carbocycles. The number of rotatable bonds is 6. The van der Waals surface area contributed by atoms with E-state index in [0.29, 0.717) is 39.7 Å². The molecule has 1 fully saturated rings. The number of benzene rings is 2. The Kier molecular flexibility index (Phi) is 6.82. The number of piperazine rings is 1. The highest BCUT2D eigenvalue weighted by molar-refractivity contribution is 6.07. The molecule has 0 spiro atoms. The third-order valence-electron chi connectivity index (χ3n) is 8.21. The normalized spacial score (nSPS) is 13.9. The number of aromatic nitrogens is 6. The van der Waals surface area contributed by atoms with Crippen LogP contribution in [-0.2, 0) is 7.05 Å². The van der Waals surface area contributed by atoms with Crippen LogP contribution < -0.4 is 20.7 Å². The monoisotopic (exact) mass is 588 g/mol. The van der Waals surface area contributed by atoms with E-state index in [-0.39, 0.29) is 5.91 Å². The number of hydrogen-bond donors (Lipinski definition) is 2. The minimum Gasteiger partial charge on any atom is -0.495 e. The standard InChI is InChI=1S/C32H32N10O2/c1-39-12-14-41(15-13-39)27-11-9-22(18-34-27)42-31-28(30(33)35-19-36-31)29(38-42)21-8-10-23(26(17-21)44-3)37-32(43)25-16-20-6-4-5-7-24(20)40(25)2/h4-11,16-19H,12-15H2,1-3H3,(H,37,43)(H2,33,35,36). The van der Waals surface area contributed by atoms with E-state index in [9.17, 15) is 4.79 Å². The number of pyridine rings is 1. The Bertz CT molecular complexity index is 2010. The van der Waals surface area contributed by atoms with Gasteiger partial charge < -0.3 is 30.2 Å². The molecule has 3 N–H and O–H groups in total. The van der Waals surface area contributed by atoms with E-state index < -0.39 is 0 Å². The summed E-state index contributed by atoms with van der Waals surface area (Å²) in [5, 5.41) is 9.53. The first-order valence-corrected chi connectivity index (χ1v) is 14.3. The summed E-state index contributed by atoms with van der Waals surface area (Å²) < 4.78 is 9.31. The topological polar surface area (TPSA) is 132 Å². The summed E-state index contributed by atoms with van der Waals surface area (Å²) in [4.78, 5) is 31.4. The predicted octanol–water partition coefficient (Wildman–Crippen LogP) is 3.96. The number of methoxy groups -OCH3 is 1. The lowest BCUT2D eigenvalue weighted by atomic mass is 10.1. The summed E-state index contributed by atoms with van der Waals surface area (Å²) in [7, 11) is 5.57. The van der Waals surface area contributed by atoms with Crippen molar-refractivity contribution >= 4 is 45.2 Å². The molecule has 0 bridgehead atoms. The molecule has 1 aliphatic heterocycles. The van der Waals surface area contributed by atoms with Crippen LogP contribution in [0.4, 0.5) is 17.3 Å². The van der Waals surface area contributed by atoms with Crippen molar-refractivity contribution in [2.45, 2.75) is 0 Å². The minimum absolute atomic E-state index is 0.241. The van der Waals surface area contributed by atoms with E-state index in [1.54, 1.807) is 24.1 Å². The van der Waals surface area contributed by atoms with Crippen LogP contribution in [0.3, 0.4) is 0 Å². The number of nitrogens with two attached hydrogens (primary N) is 1. The molecule has 12 nitrogen and oxygen atoms in total. The van der Waals surface area contributed by atoms with E-state index in [2.05, 4.69) is 32.1 Å². The number of carbonyl (C=O) groups is 1. The van der Waals surface area contributed by atoms with Crippen molar-refractivity contribution in [2.75, 3.05) is 56.3 Å². The number of para-hydroxylation sites is 1. The molecule has 12 heteroatoms. The van der Waals surface area contributed by atoms with Crippen LogP contribution in [0, 0.1) is 0 Å². The molecular formula is C32H32N10O2. The number of nitrogens with zero attached hydrogens (tertiary/aromatic N) is 8. The Morgan fingerprint density at radius 2 is 1.77 bits per heavy atom. The van der Waals surface area contributed by atoms with Crippen LogP contribution in [0.25, 0.3) is 38.9 Å². The molecule has 0 unspecified atom stereocenters. The summed E-state index contributed by atoms with van der Waals surface area (Å²) in [5.41, 5.74) is 11.1. The molecule has 0 aliphatic carbocycles. The summed E-state index contributed by atoms with van der Waals surface area (Å²) >= 11 is 0. The first-order chi connectivity index (χ1) is 21.4. The summed E-state index contributed by atoms with van der Waals surface area (Å²) in [6.45, 7) is 3.87. The maximum Gasteiger partial charge on any atom is 0.272 e. The zero-order valence-electron chi connectivity index (χ0n) is 24.7. The third kappa shape index (κ3) is 4.74. The van der Waals surface area contributed by atoms with Crippen LogP contribution in [0.5, 0.6) is 5.75 Å². The lowest BCUT2D eigenvalue weighted by Gasteiger charge is -2.33. The molecule has 1 aliphatic rings. The maximum atomic E-state index is 13.3. The fraction of sp³-hybridized carbons (Fsp3) is 0.219. The maximum absolute atomic E-state index is 13.3. The molecule has 5 heterocycles. The number of fused-ring (bicyclic) bond motifs is 2. The molecule has 0 saturated carbocycles. The van der Waals surface area contributed by atoms with Gasteiger partial charge in [-0.1, -0.05) is 24.3 Å². The summed E-state index contributed by atoms with van der Waals surface area (Å²) in [6, 6.07) is 19.2. The largest absolute Gasteiger partial charge is 0.495 e. The van der Waals surface area contributed by atoms with Crippen molar-refractivity contribution in [3.8, 4) is 22.7 Å².